The highest BCUT2D eigenvalue weighted by Gasteiger charge is 2.25. The van der Waals surface area contributed by atoms with Gasteiger partial charge in [-0.1, -0.05) is 13.3 Å². The number of fused-ring (bicyclic) bond motifs is 1. The second-order valence-electron chi connectivity index (χ2n) is 4.89. The van der Waals surface area contributed by atoms with Crippen molar-refractivity contribution in [2.45, 2.75) is 57.4 Å². The van der Waals surface area contributed by atoms with Crippen LogP contribution in [-0.2, 0) is 6.54 Å². The van der Waals surface area contributed by atoms with Crippen LogP contribution in [0.25, 0.3) is 0 Å². The molecule has 3 rings (SSSR count). The molecule has 0 amide bonds. The first kappa shape index (κ1) is 8.51. The predicted molar refractivity (Wildman–Crippen MR) is 56.5 cm³/mol. The highest BCUT2D eigenvalue weighted by molar-refractivity contribution is 5.15. The SMILES string of the molecule is CC1CCCn2cc(C3CCC3)nc21. The Morgan fingerprint density at radius 1 is 1.29 bits per heavy atom. The fourth-order valence-corrected chi connectivity index (χ4v) is 2.62. The monoisotopic (exact) mass is 190 g/mol. The Bertz CT molecular complexity index is 336. The van der Waals surface area contributed by atoms with E-state index in [-0.39, 0.29) is 0 Å². The average Bonchev–Trinajstić information content (AvgIpc) is 2.46. The van der Waals surface area contributed by atoms with Crippen LogP contribution in [0.2, 0.25) is 0 Å². The fraction of sp³-hybridized carbons (Fsp3) is 0.750. The Morgan fingerprint density at radius 2 is 2.14 bits per heavy atom. The van der Waals surface area contributed by atoms with E-state index in [0.717, 1.165) is 5.92 Å². The smallest absolute Gasteiger partial charge is 0.111 e. The lowest BCUT2D eigenvalue weighted by atomic mass is 9.83. The maximum Gasteiger partial charge on any atom is 0.111 e. The molecule has 0 bridgehead atoms. The zero-order valence-electron chi connectivity index (χ0n) is 8.87. The van der Waals surface area contributed by atoms with Gasteiger partial charge in [-0.15, -0.1) is 0 Å². The number of imidazole rings is 1. The average molecular weight is 190 g/mol. The van der Waals surface area contributed by atoms with Crippen molar-refractivity contribution in [1.82, 2.24) is 9.55 Å². The molecule has 1 atom stereocenters. The van der Waals surface area contributed by atoms with E-state index in [9.17, 15) is 0 Å². The molecule has 1 fully saturated rings. The summed E-state index contributed by atoms with van der Waals surface area (Å²) in [6.07, 6.45) is 9.10. The summed E-state index contributed by atoms with van der Waals surface area (Å²) < 4.78 is 2.39. The van der Waals surface area contributed by atoms with E-state index >= 15 is 0 Å². The minimum Gasteiger partial charge on any atom is -0.334 e. The molecule has 0 spiro atoms. The van der Waals surface area contributed by atoms with Gasteiger partial charge in [0.2, 0.25) is 0 Å². The molecule has 76 valence electrons. The largest absolute Gasteiger partial charge is 0.334 e. The van der Waals surface area contributed by atoms with Crippen LogP contribution < -0.4 is 0 Å². The summed E-state index contributed by atoms with van der Waals surface area (Å²) in [5.41, 5.74) is 1.38. The molecule has 1 aromatic heterocycles. The number of hydrogen-bond donors (Lipinski definition) is 0. The normalized spacial score (nSPS) is 27.1. The maximum atomic E-state index is 4.82. The number of aryl methyl sites for hydroxylation is 1. The van der Waals surface area contributed by atoms with Crippen molar-refractivity contribution >= 4 is 0 Å². The van der Waals surface area contributed by atoms with Crippen molar-refractivity contribution < 1.29 is 0 Å². The van der Waals surface area contributed by atoms with Crippen molar-refractivity contribution in [2.75, 3.05) is 0 Å². The van der Waals surface area contributed by atoms with Crippen LogP contribution in [0.1, 0.15) is 62.4 Å². The van der Waals surface area contributed by atoms with Crippen LogP contribution in [0.4, 0.5) is 0 Å². The van der Waals surface area contributed by atoms with Gasteiger partial charge in [-0.2, -0.15) is 0 Å². The number of rotatable bonds is 1. The maximum absolute atomic E-state index is 4.82. The lowest BCUT2D eigenvalue weighted by Crippen LogP contribution is -2.13. The number of hydrogen-bond acceptors (Lipinski definition) is 1. The molecule has 2 heteroatoms. The first-order valence-electron chi connectivity index (χ1n) is 5.91. The molecule has 0 saturated heterocycles. The summed E-state index contributed by atoms with van der Waals surface area (Å²) in [5, 5.41) is 0. The highest BCUT2D eigenvalue weighted by Crippen LogP contribution is 2.37. The van der Waals surface area contributed by atoms with Crippen molar-refractivity contribution in [3.63, 3.8) is 0 Å². The van der Waals surface area contributed by atoms with Crippen molar-refractivity contribution in [2.24, 2.45) is 0 Å². The Kier molecular flexibility index (Phi) is 1.89. The van der Waals surface area contributed by atoms with E-state index in [1.54, 1.807) is 0 Å². The van der Waals surface area contributed by atoms with E-state index < -0.39 is 0 Å². The van der Waals surface area contributed by atoms with Gasteiger partial charge in [0.25, 0.3) is 0 Å². The molecular formula is C12H18N2. The zero-order valence-corrected chi connectivity index (χ0v) is 8.87. The van der Waals surface area contributed by atoms with Gasteiger partial charge >= 0.3 is 0 Å². The standard InChI is InChI=1S/C12H18N2/c1-9-4-3-7-14-8-11(13-12(9)14)10-5-2-6-10/h8-10H,2-7H2,1H3. The molecule has 1 unspecified atom stereocenters. The van der Waals surface area contributed by atoms with Gasteiger partial charge in [0.1, 0.15) is 5.82 Å². The van der Waals surface area contributed by atoms with Crippen molar-refractivity contribution in [3.05, 3.63) is 17.7 Å². The van der Waals surface area contributed by atoms with Gasteiger partial charge in [-0.3, -0.25) is 0 Å². The van der Waals surface area contributed by atoms with Crippen LogP contribution in [0, 0.1) is 0 Å². The van der Waals surface area contributed by atoms with Gasteiger partial charge in [0, 0.05) is 24.6 Å². The summed E-state index contributed by atoms with van der Waals surface area (Å²) in [7, 11) is 0. The third kappa shape index (κ3) is 1.20. The van der Waals surface area contributed by atoms with E-state index in [4.69, 9.17) is 4.98 Å². The van der Waals surface area contributed by atoms with E-state index in [1.807, 2.05) is 0 Å². The van der Waals surface area contributed by atoms with Crippen LogP contribution in [-0.4, -0.2) is 9.55 Å². The van der Waals surface area contributed by atoms with Crippen LogP contribution in [0.5, 0.6) is 0 Å². The topological polar surface area (TPSA) is 17.8 Å². The fourth-order valence-electron chi connectivity index (χ4n) is 2.62. The Balaban J connectivity index is 1.93. The molecule has 1 aliphatic carbocycles. The van der Waals surface area contributed by atoms with Gasteiger partial charge < -0.3 is 4.57 Å². The molecule has 2 heterocycles. The summed E-state index contributed by atoms with van der Waals surface area (Å²) >= 11 is 0. The van der Waals surface area contributed by atoms with E-state index in [2.05, 4.69) is 17.7 Å². The molecule has 2 nitrogen and oxygen atoms in total. The molecule has 0 radical (unpaired) electrons. The second-order valence-corrected chi connectivity index (χ2v) is 4.89. The first-order chi connectivity index (χ1) is 6.84. The molecule has 0 N–H and O–H groups in total. The van der Waals surface area contributed by atoms with Crippen LogP contribution >= 0.6 is 0 Å². The van der Waals surface area contributed by atoms with Crippen LogP contribution in [0.3, 0.4) is 0 Å². The van der Waals surface area contributed by atoms with Gasteiger partial charge in [-0.05, 0) is 25.7 Å². The predicted octanol–water partition coefficient (Wildman–Crippen LogP) is 3.05. The Labute approximate surface area is 85.3 Å². The lowest BCUT2D eigenvalue weighted by Gasteiger charge is -2.22. The minimum absolute atomic E-state index is 0.678. The van der Waals surface area contributed by atoms with Gasteiger partial charge in [0.05, 0.1) is 5.69 Å². The Hall–Kier alpha value is -0.790. The lowest BCUT2D eigenvalue weighted by molar-refractivity contribution is 0.411. The molecule has 2 aliphatic rings. The summed E-state index contributed by atoms with van der Waals surface area (Å²) in [4.78, 5) is 4.82. The van der Waals surface area contributed by atoms with Gasteiger partial charge in [0.15, 0.2) is 0 Å². The number of nitrogens with zero attached hydrogens (tertiary/aromatic N) is 2. The Morgan fingerprint density at radius 3 is 2.79 bits per heavy atom. The highest BCUT2D eigenvalue weighted by atomic mass is 15.1. The second kappa shape index (κ2) is 3.11. The molecular weight excluding hydrogens is 172 g/mol. The molecule has 0 aromatic carbocycles. The third-order valence-corrected chi connectivity index (χ3v) is 3.83. The molecule has 1 aliphatic heterocycles. The summed E-state index contributed by atoms with van der Waals surface area (Å²) in [6.45, 7) is 3.50. The quantitative estimate of drug-likeness (QED) is 0.665. The zero-order chi connectivity index (χ0) is 9.54. The molecule has 1 aromatic rings. The molecule has 1 saturated carbocycles. The first-order valence-corrected chi connectivity index (χ1v) is 5.91. The molecule has 14 heavy (non-hydrogen) atoms. The minimum atomic E-state index is 0.678. The van der Waals surface area contributed by atoms with E-state index in [1.165, 1.54) is 50.2 Å². The van der Waals surface area contributed by atoms with Crippen molar-refractivity contribution in [1.29, 1.82) is 0 Å². The third-order valence-electron chi connectivity index (χ3n) is 3.83. The number of aromatic nitrogens is 2. The summed E-state index contributed by atoms with van der Waals surface area (Å²) in [5.74, 6) is 2.82. The van der Waals surface area contributed by atoms with E-state index in [0.29, 0.717) is 5.92 Å². The van der Waals surface area contributed by atoms with Crippen molar-refractivity contribution in [3.8, 4) is 0 Å². The van der Waals surface area contributed by atoms with Gasteiger partial charge in [-0.25, -0.2) is 4.98 Å². The van der Waals surface area contributed by atoms with Crippen LogP contribution in [0.15, 0.2) is 6.20 Å². The summed E-state index contributed by atoms with van der Waals surface area (Å²) in [6, 6.07) is 0.